The maximum atomic E-state index is 3.67. The second kappa shape index (κ2) is 6.01. The van der Waals surface area contributed by atoms with Crippen LogP contribution >= 0.6 is 11.8 Å². The zero-order valence-electron chi connectivity index (χ0n) is 11.0. The quantitative estimate of drug-likeness (QED) is 0.806. The van der Waals surface area contributed by atoms with Crippen molar-refractivity contribution >= 4 is 17.4 Å². The lowest BCUT2D eigenvalue weighted by molar-refractivity contribution is 0.333. The number of hydrogen-bond donors (Lipinski definition) is 1. The molecule has 3 rings (SSSR count). The third-order valence-electron chi connectivity index (χ3n) is 4.29. The molecule has 1 aromatic carbocycles. The number of nitrogens with one attached hydrogen (secondary N) is 1. The zero-order chi connectivity index (χ0) is 12.2. The van der Waals surface area contributed by atoms with Gasteiger partial charge in [0.25, 0.3) is 0 Å². The van der Waals surface area contributed by atoms with Crippen LogP contribution in [0.15, 0.2) is 29.2 Å². The molecule has 0 aliphatic heterocycles. The third-order valence-corrected chi connectivity index (χ3v) is 5.70. The highest BCUT2D eigenvalue weighted by molar-refractivity contribution is 8.00. The van der Waals surface area contributed by atoms with Gasteiger partial charge in [-0.1, -0.05) is 31.4 Å². The molecule has 2 aliphatic rings. The maximum Gasteiger partial charge on any atom is 0.0478 e. The molecule has 1 nitrogen and oxygen atoms in total. The molecule has 18 heavy (non-hydrogen) atoms. The molecule has 0 radical (unpaired) electrons. The van der Waals surface area contributed by atoms with Crippen LogP contribution in [0.25, 0.3) is 0 Å². The van der Waals surface area contributed by atoms with Crippen molar-refractivity contribution in [2.45, 2.75) is 55.1 Å². The van der Waals surface area contributed by atoms with E-state index in [9.17, 15) is 0 Å². The summed E-state index contributed by atoms with van der Waals surface area (Å²) in [6.45, 7) is 1.17. The summed E-state index contributed by atoms with van der Waals surface area (Å²) in [5.41, 5.74) is 1.36. The van der Waals surface area contributed by atoms with Crippen molar-refractivity contribution in [3.63, 3.8) is 0 Å². The molecule has 2 fully saturated rings. The molecular formula is C16H23NS. The molecule has 0 heterocycles. The Balaban J connectivity index is 1.60. The van der Waals surface area contributed by atoms with E-state index in [2.05, 4.69) is 41.3 Å². The topological polar surface area (TPSA) is 12.0 Å². The van der Waals surface area contributed by atoms with Crippen molar-refractivity contribution in [2.75, 3.05) is 11.9 Å². The smallest absolute Gasteiger partial charge is 0.0478 e. The van der Waals surface area contributed by atoms with Gasteiger partial charge in [-0.15, -0.1) is 11.8 Å². The maximum absolute atomic E-state index is 3.67. The average molecular weight is 261 g/mol. The van der Waals surface area contributed by atoms with Gasteiger partial charge in [0, 0.05) is 22.4 Å². The van der Waals surface area contributed by atoms with E-state index in [1.807, 2.05) is 0 Å². The summed E-state index contributed by atoms with van der Waals surface area (Å²) in [6.07, 6.45) is 9.94. The largest absolute Gasteiger partial charge is 0.384 e. The first-order chi connectivity index (χ1) is 8.92. The molecule has 0 saturated heterocycles. The van der Waals surface area contributed by atoms with Crippen molar-refractivity contribution in [3.8, 4) is 0 Å². The standard InChI is InChI=1S/C16H23NS/c1-2-9-14(8-1)18-16-11-4-3-10-15(16)17-12-13-6-5-7-13/h3-4,10-11,13-14,17H,1-2,5-9,12H2. The van der Waals surface area contributed by atoms with Crippen molar-refractivity contribution < 1.29 is 0 Å². The van der Waals surface area contributed by atoms with Crippen molar-refractivity contribution in [1.29, 1.82) is 0 Å². The van der Waals surface area contributed by atoms with Crippen LogP contribution in [0, 0.1) is 5.92 Å². The molecule has 0 amide bonds. The molecule has 2 saturated carbocycles. The number of hydrogen-bond acceptors (Lipinski definition) is 2. The summed E-state index contributed by atoms with van der Waals surface area (Å²) in [5.74, 6) is 0.925. The monoisotopic (exact) mass is 261 g/mol. The van der Waals surface area contributed by atoms with E-state index in [-0.39, 0.29) is 0 Å². The van der Waals surface area contributed by atoms with Crippen LogP contribution in [0.5, 0.6) is 0 Å². The Kier molecular flexibility index (Phi) is 4.14. The second-order valence-corrected chi connectivity index (χ2v) is 7.04. The normalized spacial score (nSPS) is 20.9. The van der Waals surface area contributed by atoms with E-state index in [1.165, 1.54) is 62.1 Å². The number of anilines is 1. The predicted molar refractivity (Wildman–Crippen MR) is 80.4 cm³/mol. The average Bonchev–Trinajstić information content (AvgIpc) is 2.82. The lowest BCUT2D eigenvalue weighted by atomic mass is 9.85. The highest BCUT2D eigenvalue weighted by Gasteiger charge is 2.19. The summed E-state index contributed by atoms with van der Waals surface area (Å²) < 4.78 is 0. The molecule has 0 bridgehead atoms. The number of rotatable bonds is 5. The molecule has 0 aromatic heterocycles. The van der Waals surface area contributed by atoms with Crippen molar-refractivity contribution in [1.82, 2.24) is 0 Å². The first-order valence-corrected chi connectivity index (χ1v) is 8.29. The summed E-state index contributed by atoms with van der Waals surface area (Å²) in [7, 11) is 0. The van der Waals surface area contributed by atoms with Gasteiger partial charge in [0.15, 0.2) is 0 Å². The Morgan fingerprint density at radius 2 is 1.78 bits per heavy atom. The summed E-state index contributed by atoms with van der Waals surface area (Å²) in [5, 5.41) is 4.53. The minimum absolute atomic E-state index is 0.858. The zero-order valence-corrected chi connectivity index (χ0v) is 11.8. The van der Waals surface area contributed by atoms with Crippen LogP contribution in [0.3, 0.4) is 0 Å². The summed E-state index contributed by atoms with van der Waals surface area (Å²) >= 11 is 2.09. The Hall–Kier alpha value is -0.630. The third kappa shape index (κ3) is 3.03. The Labute approximate surface area is 115 Å². The van der Waals surface area contributed by atoms with E-state index < -0.39 is 0 Å². The first-order valence-electron chi connectivity index (χ1n) is 7.41. The van der Waals surface area contributed by atoms with Gasteiger partial charge in [-0.3, -0.25) is 0 Å². The van der Waals surface area contributed by atoms with Crippen molar-refractivity contribution in [2.24, 2.45) is 5.92 Å². The van der Waals surface area contributed by atoms with E-state index in [1.54, 1.807) is 0 Å². The Morgan fingerprint density at radius 1 is 1.00 bits per heavy atom. The van der Waals surface area contributed by atoms with Crippen LogP contribution < -0.4 is 5.32 Å². The number of benzene rings is 1. The number of thioether (sulfide) groups is 1. The molecule has 0 atom stereocenters. The van der Waals surface area contributed by atoms with E-state index in [0.717, 1.165) is 11.2 Å². The van der Waals surface area contributed by atoms with Gasteiger partial charge in [-0.2, -0.15) is 0 Å². The minimum Gasteiger partial charge on any atom is -0.384 e. The van der Waals surface area contributed by atoms with E-state index in [0.29, 0.717) is 0 Å². The molecule has 1 aromatic rings. The second-order valence-electron chi connectivity index (χ2n) is 5.70. The fraction of sp³-hybridized carbons (Fsp3) is 0.625. The fourth-order valence-electron chi connectivity index (χ4n) is 2.85. The van der Waals surface area contributed by atoms with E-state index in [4.69, 9.17) is 0 Å². The molecule has 2 aliphatic carbocycles. The van der Waals surface area contributed by atoms with Gasteiger partial charge in [-0.25, -0.2) is 0 Å². The van der Waals surface area contributed by atoms with Gasteiger partial charge >= 0.3 is 0 Å². The van der Waals surface area contributed by atoms with Gasteiger partial charge < -0.3 is 5.32 Å². The van der Waals surface area contributed by atoms with Crippen LogP contribution in [0.1, 0.15) is 44.9 Å². The highest BCUT2D eigenvalue weighted by Crippen LogP contribution is 2.38. The summed E-state index contributed by atoms with van der Waals surface area (Å²) in [6, 6.07) is 8.86. The van der Waals surface area contributed by atoms with Gasteiger partial charge in [0.05, 0.1) is 0 Å². The minimum atomic E-state index is 0.858. The SMILES string of the molecule is c1ccc(SC2CCCC2)c(NCC2CCC2)c1. The molecular weight excluding hydrogens is 238 g/mol. The lowest BCUT2D eigenvalue weighted by Crippen LogP contribution is -2.21. The van der Waals surface area contributed by atoms with Gasteiger partial charge in [0.2, 0.25) is 0 Å². The van der Waals surface area contributed by atoms with Crippen LogP contribution in [-0.4, -0.2) is 11.8 Å². The number of para-hydroxylation sites is 1. The lowest BCUT2D eigenvalue weighted by Gasteiger charge is -2.26. The predicted octanol–water partition coefficient (Wildman–Crippen LogP) is 4.93. The van der Waals surface area contributed by atoms with Crippen molar-refractivity contribution in [3.05, 3.63) is 24.3 Å². The molecule has 1 N–H and O–H groups in total. The summed E-state index contributed by atoms with van der Waals surface area (Å²) in [4.78, 5) is 1.46. The van der Waals surface area contributed by atoms with Gasteiger partial charge in [-0.05, 0) is 43.7 Å². The van der Waals surface area contributed by atoms with Crippen LogP contribution in [-0.2, 0) is 0 Å². The Bertz CT molecular complexity index is 380. The van der Waals surface area contributed by atoms with Gasteiger partial charge in [0.1, 0.15) is 0 Å². The van der Waals surface area contributed by atoms with Crippen LogP contribution in [0.4, 0.5) is 5.69 Å². The molecule has 98 valence electrons. The van der Waals surface area contributed by atoms with Crippen LogP contribution in [0.2, 0.25) is 0 Å². The molecule has 0 unspecified atom stereocenters. The first kappa shape index (κ1) is 12.4. The van der Waals surface area contributed by atoms with E-state index >= 15 is 0 Å². The molecule has 0 spiro atoms. The highest BCUT2D eigenvalue weighted by atomic mass is 32.2. The fourth-order valence-corrected chi connectivity index (χ4v) is 4.20. The molecule has 2 heteroatoms. The Morgan fingerprint density at radius 3 is 2.50 bits per heavy atom.